The molecule has 16 heavy (non-hydrogen) atoms. The van der Waals surface area contributed by atoms with Crippen molar-refractivity contribution in [3.63, 3.8) is 0 Å². The number of esters is 1. The van der Waals surface area contributed by atoms with E-state index in [1.807, 2.05) is 0 Å². The second kappa shape index (κ2) is 5.84. The predicted octanol–water partition coefficient (Wildman–Crippen LogP) is 0.00590. The fourth-order valence-corrected chi connectivity index (χ4v) is 2.02. The maximum absolute atomic E-state index is 11.5. The van der Waals surface area contributed by atoms with Crippen molar-refractivity contribution in [1.82, 2.24) is 10.2 Å². The van der Waals surface area contributed by atoms with Gasteiger partial charge in [0.1, 0.15) is 6.04 Å². The number of nitrogens with zero attached hydrogens (tertiary/aromatic N) is 1. The van der Waals surface area contributed by atoms with Crippen molar-refractivity contribution in [2.24, 2.45) is 5.92 Å². The molecule has 1 rings (SSSR count). The van der Waals surface area contributed by atoms with E-state index in [0.29, 0.717) is 12.5 Å². The van der Waals surface area contributed by atoms with Crippen molar-refractivity contribution in [2.75, 3.05) is 26.7 Å². The summed E-state index contributed by atoms with van der Waals surface area (Å²) in [6, 6.07) is -0.548. The number of likely N-dealkylation sites (tertiary alicyclic amines) is 1. The molecular formula is C11H20N2O3. The molecule has 1 saturated heterocycles. The van der Waals surface area contributed by atoms with Crippen molar-refractivity contribution in [3.8, 4) is 0 Å². The Labute approximate surface area is 96.1 Å². The van der Waals surface area contributed by atoms with Gasteiger partial charge in [-0.25, -0.2) is 4.79 Å². The highest BCUT2D eigenvalue weighted by Gasteiger charge is 2.26. The highest BCUT2D eigenvalue weighted by Crippen LogP contribution is 2.15. The number of rotatable bonds is 4. The number of hydrogen-bond donors (Lipinski definition) is 1. The van der Waals surface area contributed by atoms with Gasteiger partial charge in [-0.2, -0.15) is 0 Å². The van der Waals surface area contributed by atoms with Gasteiger partial charge in [0.25, 0.3) is 0 Å². The van der Waals surface area contributed by atoms with Crippen LogP contribution in [0.1, 0.15) is 20.3 Å². The van der Waals surface area contributed by atoms with Gasteiger partial charge in [-0.05, 0) is 18.9 Å². The zero-order valence-electron chi connectivity index (χ0n) is 10.2. The minimum absolute atomic E-state index is 0.206. The number of nitrogens with one attached hydrogen (secondary N) is 1. The summed E-state index contributed by atoms with van der Waals surface area (Å²) >= 11 is 0. The van der Waals surface area contributed by atoms with E-state index in [9.17, 15) is 9.59 Å². The number of ether oxygens (including phenoxy) is 1. The summed E-state index contributed by atoms with van der Waals surface area (Å²) in [4.78, 5) is 24.6. The van der Waals surface area contributed by atoms with Gasteiger partial charge in [-0.3, -0.25) is 4.79 Å². The molecule has 0 aliphatic carbocycles. The number of hydrogen-bond acceptors (Lipinski definition) is 4. The molecule has 0 aromatic rings. The second-order valence-electron chi connectivity index (χ2n) is 4.43. The molecule has 5 heteroatoms. The van der Waals surface area contributed by atoms with E-state index in [2.05, 4.69) is 21.9 Å². The highest BCUT2D eigenvalue weighted by molar-refractivity contribution is 5.83. The Morgan fingerprint density at radius 2 is 2.25 bits per heavy atom. The van der Waals surface area contributed by atoms with Crippen LogP contribution < -0.4 is 5.32 Å². The van der Waals surface area contributed by atoms with E-state index < -0.39 is 6.04 Å². The molecule has 0 saturated carbocycles. The summed E-state index contributed by atoms with van der Waals surface area (Å²) in [6.45, 7) is 6.09. The van der Waals surface area contributed by atoms with Crippen LogP contribution in [0.4, 0.5) is 0 Å². The van der Waals surface area contributed by atoms with E-state index in [-0.39, 0.29) is 11.9 Å². The third-order valence-corrected chi connectivity index (χ3v) is 2.81. The minimum atomic E-state index is -0.548. The molecular weight excluding hydrogens is 208 g/mol. The molecule has 0 aromatic carbocycles. The van der Waals surface area contributed by atoms with E-state index >= 15 is 0 Å². The molecule has 1 aliphatic rings. The lowest BCUT2D eigenvalue weighted by Gasteiger charge is -2.22. The summed E-state index contributed by atoms with van der Waals surface area (Å²) in [5, 5.41) is 2.62. The van der Waals surface area contributed by atoms with Gasteiger partial charge in [-0.15, -0.1) is 0 Å². The van der Waals surface area contributed by atoms with Gasteiger partial charge in [0.05, 0.1) is 7.11 Å². The van der Waals surface area contributed by atoms with Crippen LogP contribution in [0.15, 0.2) is 0 Å². The topological polar surface area (TPSA) is 58.6 Å². The number of carbonyl (C=O) groups is 2. The Hall–Kier alpha value is -1.10. The number of amides is 1. The molecule has 1 aliphatic heterocycles. The Kier molecular flexibility index (Phi) is 4.73. The second-order valence-corrected chi connectivity index (χ2v) is 4.43. The van der Waals surface area contributed by atoms with E-state index in [1.54, 1.807) is 0 Å². The fourth-order valence-electron chi connectivity index (χ4n) is 2.02. The molecule has 0 aromatic heterocycles. The maximum atomic E-state index is 11.5. The smallest absolute Gasteiger partial charge is 0.329 e. The zero-order valence-corrected chi connectivity index (χ0v) is 10.2. The monoisotopic (exact) mass is 228 g/mol. The van der Waals surface area contributed by atoms with Crippen LogP contribution >= 0.6 is 0 Å². The molecule has 0 bridgehead atoms. The Morgan fingerprint density at radius 1 is 1.56 bits per heavy atom. The number of methoxy groups -OCH3 is 1. The van der Waals surface area contributed by atoms with Crippen LogP contribution in [-0.2, 0) is 14.3 Å². The zero-order chi connectivity index (χ0) is 12.1. The van der Waals surface area contributed by atoms with Crippen molar-refractivity contribution < 1.29 is 14.3 Å². The van der Waals surface area contributed by atoms with Crippen LogP contribution in [0.2, 0.25) is 0 Å². The first-order chi connectivity index (χ1) is 7.52. The molecule has 0 spiro atoms. The Morgan fingerprint density at radius 3 is 2.69 bits per heavy atom. The minimum Gasteiger partial charge on any atom is -0.467 e. The summed E-state index contributed by atoms with van der Waals surface area (Å²) in [5.41, 5.74) is 0. The first-order valence-electron chi connectivity index (χ1n) is 5.60. The normalized spacial score (nSPS) is 22.8. The molecule has 2 atom stereocenters. The van der Waals surface area contributed by atoms with Gasteiger partial charge in [0.2, 0.25) is 5.91 Å². The van der Waals surface area contributed by atoms with Gasteiger partial charge in [-0.1, -0.05) is 6.92 Å². The van der Waals surface area contributed by atoms with E-state index in [1.165, 1.54) is 14.0 Å². The molecule has 1 N–H and O–H groups in total. The Bertz CT molecular complexity index is 268. The van der Waals surface area contributed by atoms with Crippen molar-refractivity contribution >= 4 is 11.9 Å². The van der Waals surface area contributed by atoms with Crippen molar-refractivity contribution in [1.29, 1.82) is 0 Å². The standard InChI is InChI=1S/C11H20N2O3/c1-8-4-5-13(6-8)7-10(11(15)16-3)12-9(2)14/h8,10H,4-7H2,1-3H3,(H,12,14). The summed E-state index contributed by atoms with van der Waals surface area (Å²) in [7, 11) is 1.34. The van der Waals surface area contributed by atoms with Gasteiger partial charge >= 0.3 is 5.97 Å². The third kappa shape index (κ3) is 3.81. The van der Waals surface area contributed by atoms with Crippen LogP contribution in [0.5, 0.6) is 0 Å². The lowest BCUT2D eigenvalue weighted by molar-refractivity contribution is -0.145. The summed E-state index contributed by atoms with van der Waals surface area (Å²) in [6.07, 6.45) is 1.15. The number of carbonyl (C=O) groups excluding carboxylic acids is 2. The lowest BCUT2D eigenvalue weighted by Crippen LogP contribution is -2.47. The van der Waals surface area contributed by atoms with Crippen molar-refractivity contribution in [3.05, 3.63) is 0 Å². The third-order valence-electron chi connectivity index (χ3n) is 2.81. The van der Waals surface area contributed by atoms with Crippen LogP contribution in [0.3, 0.4) is 0 Å². The maximum Gasteiger partial charge on any atom is 0.329 e. The average molecular weight is 228 g/mol. The molecule has 1 amide bonds. The van der Waals surface area contributed by atoms with Gasteiger partial charge < -0.3 is 15.0 Å². The predicted molar refractivity (Wildman–Crippen MR) is 59.8 cm³/mol. The van der Waals surface area contributed by atoms with Crippen LogP contribution in [-0.4, -0.2) is 49.6 Å². The van der Waals surface area contributed by atoms with Crippen LogP contribution in [0.25, 0.3) is 0 Å². The summed E-state index contributed by atoms with van der Waals surface area (Å²) in [5.74, 6) is 0.0769. The SMILES string of the molecule is COC(=O)C(CN1CCC(C)C1)NC(C)=O. The molecule has 92 valence electrons. The molecule has 2 unspecified atom stereocenters. The van der Waals surface area contributed by atoms with Crippen molar-refractivity contribution in [2.45, 2.75) is 26.3 Å². The highest BCUT2D eigenvalue weighted by atomic mass is 16.5. The average Bonchev–Trinajstić information content (AvgIpc) is 2.61. The summed E-state index contributed by atoms with van der Waals surface area (Å²) < 4.78 is 4.67. The first-order valence-corrected chi connectivity index (χ1v) is 5.60. The molecule has 1 heterocycles. The van der Waals surface area contributed by atoms with E-state index in [0.717, 1.165) is 19.5 Å². The quantitative estimate of drug-likeness (QED) is 0.688. The van der Waals surface area contributed by atoms with E-state index in [4.69, 9.17) is 0 Å². The van der Waals surface area contributed by atoms with Gasteiger partial charge in [0.15, 0.2) is 0 Å². The lowest BCUT2D eigenvalue weighted by atomic mass is 10.2. The molecule has 1 fully saturated rings. The van der Waals surface area contributed by atoms with Gasteiger partial charge in [0, 0.05) is 20.0 Å². The first kappa shape index (κ1) is 13.0. The fraction of sp³-hybridized carbons (Fsp3) is 0.818. The Balaban J connectivity index is 2.49. The largest absolute Gasteiger partial charge is 0.467 e. The molecule has 0 radical (unpaired) electrons. The molecule has 5 nitrogen and oxygen atoms in total. The van der Waals surface area contributed by atoms with Crippen LogP contribution in [0, 0.1) is 5.92 Å².